The van der Waals surface area contributed by atoms with Crippen LogP contribution in [0.2, 0.25) is 0 Å². The molecule has 7 nitrogen and oxygen atoms in total. The van der Waals surface area contributed by atoms with Crippen LogP contribution >= 0.6 is 24.4 Å². The summed E-state index contributed by atoms with van der Waals surface area (Å²) in [6.07, 6.45) is 0. The molecule has 0 fully saturated rings. The molecule has 0 aliphatic heterocycles. The number of rotatable bonds is 3. The van der Waals surface area contributed by atoms with E-state index in [0.717, 1.165) is 4.99 Å². The molecule has 0 radical (unpaired) electrons. The van der Waals surface area contributed by atoms with E-state index >= 15 is 0 Å². The molecule has 1 aromatic carbocycles. The predicted molar refractivity (Wildman–Crippen MR) is 99.3 cm³/mol. The van der Waals surface area contributed by atoms with E-state index in [1.165, 1.54) is 0 Å². The summed E-state index contributed by atoms with van der Waals surface area (Å²) in [6.45, 7) is 1.54. The van der Waals surface area contributed by atoms with Crippen LogP contribution in [0.15, 0.2) is 30.3 Å². The fourth-order valence-corrected chi connectivity index (χ4v) is 0.847. The molecule has 0 saturated heterocycles. The lowest BCUT2D eigenvalue weighted by Gasteiger charge is -2.06. The average molecular weight is 358 g/mol. The summed E-state index contributed by atoms with van der Waals surface area (Å²) >= 11 is 8.84. The van der Waals surface area contributed by atoms with Gasteiger partial charge in [-0.3, -0.25) is 9.59 Å². The SMILES string of the molecule is CC(=S)N(C)C.NC(N)=S.O=C(O)CNC(=O)c1ccccc1. The van der Waals surface area contributed by atoms with Crippen LogP contribution < -0.4 is 16.8 Å². The summed E-state index contributed by atoms with van der Waals surface area (Å²) in [5.41, 5.74) is 9.70. The van der Waals surface area contributed by atoms with Gasteiger partial charge in [0, 0.05) is 19.7 Å². The first-order valence-electron chi connectivity index (χ1n) is 6.35. The second-order valence-electron chi connectivity index (χ2n) is 4.26. The molecule has 0 spiro atoms. The first-order chi connectivity index (χ1) is 10.6. The number of nitrogens with zero attached hydrogens (tertiary/aromatic N) is 1. The van der Waals surface area contributed by atoms with Crippen LogP contribution in [0.3, 0.4) is 0 Å². The van der Waals surface area contributed by atoms with Gasteiger partial charge in [-0.2, -0.15) is 0 Å². The number of aliphatic carboxylic acids is 1. The fourth-order valence-electron chi connectivity index (χ4n) is 0.847. The average Bonchev–Trinajstić information content (AvgIpc) is 2.45. The van der Waals surface area contributed by atoms with Crippen LogP contribution in [0.25, 0.3) is 0 Å². The molecule has 1 amide bonds. The minimum atomic E-state index is -1.05. The van der Waals surface area contributed by atoms with Crippen molar-refractivity contribution in [3.8, 4) is 0 Å². The van der Waals surface area contributed by atoms with Crippen molar-refractivity contribution in [1.29, 1.82) is 0 Å². The first kappa shape index (κ1) is 23.0. The highest BCUT2D eigenvalue weighted by atomic mass is 32.1. The molecule has 0 aromatic heterocycles. The van der Waals surface area contributed by atoms with E-state index in [1.54, 1.807) is 30.3 Å². The number of carbonyl (C=O) groups excluding carboxylic acids is 1. The van der Waals surface area contributed by atoms with Gasteiger partial charge in [0.15, 0.2) is 5.11 Å². The van der Waals surface area contributed by atoms with Gasteiger partial charge < -0.3 is 26.8 Å². The van der Waals surface area contributed by atoms with E-state index < -0.39 is 5.97 Å². The monoisotopic (exact) mass is 358 g/mol. The Labute approximate surface area is 146 Å². The lowest BCUT2D eigenvalue weighted by Crippen LogP contribution is -2.29. The second-order valence-corrected chi connectivity index (χ2v) is 5.32. The summed E-state index contributed by atoms with van der Waals surface area (Å²) in [5.74, 6) is -1.42. The van der Waals surface area contributed by atoms with Crippen molar-refractivity contribution in [3.05, 3.63) is 35.9 Å². The molecule has 128 valence electrons. The molecule has 1 rings (SSSR count). The topological polar surface area (TPSA) is 122 Å². The van der Waals surface area contributed by atoms with Crippen molar-refractivity contribution in [1.82, 2.24) is 10.2 Å². The van der Waals surface area contributed by atoms with E-state index in [1.807, 2.05) is 25.9 Å². The number of benzene rings is 1. The van der Waals surface area contributed by atoms with Gasteiger partial charge in [-0.15, -0.1) is 0 Å². The number of hydrogen-bond acceptors (Lipinski definition) is 4. The highest BCUT2D eigenvalue weighted by Gasteiger charge is 2.04. The Hall–Kier alpha value is -2.26. The van der Waals surface area contributed by atoms with Crippen molar-refractivity contribution in [2.45, 2.75) is 6.92 Å². The van der Waals surface area contributed by atoms with Crippen LogP contribution in [0.4, 0.5) is 0 Å². The Kier molecular flexibility index (Phi) is 13.4. The number of carboxylic acids is 1. The Balaban J connectivity index is 0. The highest BCUT2D eigenvalue weighted by Crippen LogP contribution is 1.96. The Morgan fingerprint density at radius 3 is 1.87 bits per heavy atom. The summed E-state index contributed by atoms with van der Waals surface area (Å²) in [6, 6.07) is 8.47. The van der Waals surface area contributed by atoms with E-state index in [0.29, 0.717) is 5.56 Å². The van der Waals surface area contributed by atoms with Crippen LogP contribution in [0.5, 0.6) is 0 Å². The summed E-state index contributed by atoms with van der Waals surface area (Å²) < 4.78 is 0. The Bertz CT molecular complexity index is 518. The zero-order valence-corrected chi connectivity index (χ0v) is 14.9. The van der Waals surface area contributed by atoms with Crippen LogP contribution in [0.1, 0.15) is 17.3 Å². The van der Waals surface area contributed by atoms with E-state index in [4.69, 9.17) is 17.3 Å². The maximum Gasteiger partial charge on any atom is 0.322 e. The molecule has 6 N–H and O–H groups in total. The normalized spacial score (nSPS) is 8.30. The number of amides is 1. The Morgan fingerprint density at radius 2 is 1.57 bits per heavy atom. The standard InChI is InChI=1S/C9H9NO3.C4H9NS.CH4N2S/c11-8(12)6-10-9(13)7-4-2-1-3-5-7;1-4(6)5(2)3;2-1(3)4/h1-5H,6H2,(H,10,13)(H,11,12);1-3H3;(H4,2,3,4). The molecular weight excluding hydrogens is 336 g/mol. The van der Waals surface area contributed by atoms with E-state index in [9.17, 15) is 9.59 Å². The molecule has 0 unspecified atom stereocenters. The molecule has 0 heterocycles. The van der Waals surface area contributed by atoms with Gasteiger partial charge in [0.25, 0.3) is 5.91 Å². The molecule has 0 bridgehead atoms. The second kappa shape index (κ2) is 13.4. The van der Waals surface area contributed by atoms with Crippen LogP contribution in [0, 0.1) is 0 Å². The first-order valence-corrected chi connectivity index (χ1v) is 7.17. The van der Waals surface area contributed by atoms with Crippen LogP contribution in [-0.4, -0.2) is 52.6 Å². The molecular formula is C14H22N4O3S2. The molecule has 9 heteroatoms. The lowest BCUT2D eigenvalue weighted by atomic mass is 10.2. The molecule has 23 heavy (non-hydrogen) atoms. The van der Waals surface area contributed by atoms with Gasteiger partial charge in [0.2, 0.25) is 0 Å². The quantitative estimate of drug-likeness (QED) is 0.579. The van der Waals surface area contributed by atoms with Gasteiger partial charge in [0.05, 0.1) is 4.99 Å². The number of thiocarbonyl (C=S) groups is 2. The van der Waals surface area contributed by atoms with Gasteiger partial charge in [-0.05, 0) is 31.3 Å². The minimum absolute atomic E-state index is 0.000000000000000222. The van der Waals surface area contributed by atoms with Gasteiger partial charge >= 0.3 is 5.97 Å². The molecule has 0 aliphatic rings. The molecule has 0 aliphatic carbocycles. The zero-order valence-electron chi connectivity index (χ0n) is 13.3. The summed E-state index contributed by atoms with van der Waals surface area (Å²) in [5, 5.41) is 10.6. The Morgan fingerprint density at radius 1 is 1.17 bits per heavy atom. The smallest absolute Gasteiger partial charge is 0.322 e. The maximum atomic E-state index is 11.2. The van der Waals surface area contributed by atoms with Gasteiger partial charge in [-0.1, -0.05) is 30.4 Å². The third kappa shape index (κ3) is 17.7. The number of hydrogen-bond donors (Lipinski definition) is 4. The number of carbonyl (C=O) groups is 2. The van der Waals surface area contributed by atoms with Crippen molar-refractivity contribution in [3.63, 3.8) is 0 Å². The predicted octanol–water partition coefficient (Wildman–Crippen LogP) is 0.585. The molecule has 1 aromatic rings. The number of carboxylic acid groups (broad SMARTS) is 1. The third-order valence-electron chi connectivity index (χ3n) is 2.07. The van der Waals surface area contributed by atoms with Crippen molar-refractivity contribution < 1.29 is 14.7 Å². The number of nitrogens with two attached hydrogens (primary N) is 2. The maximum absolute atomic E-state index is 11.2. The van der Waals surface area contributed by atoms with Gasteiger partial charge in [0.1, 0.15) is 6.54 Å². The van der Waals surface area contributed by atoms with E-state index in [-0.39, 0.29) is 17.6 Å². The molecule has 0 atom stereocenters. The molecule has 0 saturated carbocycles. The fraction of sp³-hybridized carbons (Fsp3) is 0.286. The summed E-state index contributed by atoms with van der Waals surface area (Å²) in [7, 11) is 3.87. The largest absolute Gasteiger partial charge is 0.480 e. The van der Waals surface area contributed by atoms with Crippen LogP contribution in [-0.2, 0) is 4.79 Å². The van der Waals surface area contributed by atoms with Crippen molar-refractivity contribution in [2.75, 3.05) is 20.6 Å². The van der Waals surface area contributed by atoms with Gasteiger partial charge in [-0.25, -0.2) is 0 Å². The minimum Gasteiger partial charge on any atom is -0.480 e. The van der Waals surface area contributed by atoms with Crippen molar-refractivity contribution in [2.24, 2.45) is 11.5 Å². The lowest BCUT2D eigenvalue weighted by molar-refractivity contribution is -0.135. The van der Waals surface area contributed by atoms with Crippen molar-refractivity contribution >= 4 is 46.4 Å². The zero-order chi connectivity index (χ0) is 18.4. The summed E-state index contributed by atoms with van der Waals surface area (Å²) in [4.78, 5) is 24.1. The third-order valence-corrected chi connectivity index (χ3v) is 2.43. The highest BCUT2D eigenvalue weighted by molar-refractivity contribution is 7.80. The number of nitrogens with one attached hydrogen (secondary N) is 1. The van der Waals surface area contributed by atoms with E-state index in [2.05, 4.69) is 29.0 Å².